The molecular weight excluding hydrogens is 503 g/mol. The van der Waals surface area contributed by atoms with Crippen LogP contribution in [0, 0.1) is 0 Å². The van der Waals surface area contributed by atoms with Crippen LogP contribution in [-0.4, -0.2) is 59.2 Å². The van der Waals surface area contributed by atoms with E-state index in [9.17, 15) is 18.0 Å². The number of benzene rings is 2. The van der Waals surface area contributed by atoms with Crippen molar-refractivity contribution in [1.82, 2.24) is 14.8 Å². The van der Waals surface area contributed by atoms with Crippen molar-refractivity contribution < 1.29 is 22.7 Å². The Morgan fingerprint density at radius 2 is 1.49 bits per heavy atom. The molecule has 0 aliphatic carbocycles. The minimum absolute atomic E-state index is 0.0313. The van der Waals surface area contributed by atoms with Crippen LogP contribution in [0.4, 0.5) is 13.2 Å². The summed E-state index contributed by atoms with van der Waals surface area (Å²) in [5, 5.41) is 0. The van der Waals surface area contributed by atoms with Crippen LogP contribution >= 0.6 is 0 Å². The Hall–Kier alpha value is -3.23. The third-order valence-corrected chi connectivity index (χ3v) is 7.54. The average molecular weight is 540 g/mol. The summed E-state index contributed by atoms with van der Waals surface area (Å²) < 4.78 is 45.5. The molecule has 1 atom stereocenters. The first kappa shape index (κ1) is 28.8. The quantitative estimate of drug-likeness (QED) is 0.302. The van der Waals surface area contributed by atoms with Crippen molar-refractivity contribution in [1.29, 1.82) is 0 Å². The highest BCUT2D eigenvalue weighted by atomic mass is 19.4. The Labute approximate surface area is 228 Å². The van der Waals surface area contributed by atoms with Crippen molar-refractivity contribution in [2.75, 3.05) is 26.2 Å². The van der Waals surface area contributed by atoms with Crippen molar-refractivity contribution in [2.24, 2.45) is 0 Å². The molecule has 3 aromatic rings. The highest BCUT2D eigenvalue weighted by Gasteiger charge is 2.48. The van der Waals surface area contributed by atoms with Crippen molar-refractivity contribution >= 4 is 5.97 Å². The van der Waals surface area contributed by atoms with Gasteiger partial charge in [-0.1, -0.05) is 48.5 Å². The molecule has 5 nitrogen and oxygen atoms in total. The second-order valence-corrected chi connectivity index (χ2v) is 10.6. The number of pyridine rings is 1. The average Bonchev–Trinajstić information content (AvgIpc) is 2.91. The van der Waals surface area contributed by atoms with Crippen LogP contribution < -0.4 is 0 Å². The van der Waals surface area contributed by atoms with Gasteiger partial charge in [0.05, 0.1) is 18.4 Å². The molecule has 0 radical (unpaired) electrons. The smallest absolute Gasteiger partial charge is 0.397 e. The van der Waals surface area contributed by atoms with Gasteiger partial charge in [-0.15, -0.1) is 0 Å². The summed E-state index contributed by atoms with van der Waals surface area (Å²) in [5.74, 6) is -0.189. The number of hydrogen-bond acceptors (Lipinski definition) is 5. The molecule has 1 aliphatic heterocycles. The lowest BCUT2D eigenvalue weighted by Crippen LogP contribution is -2.53. The second kappa shape index (κ2) is 12.3. The summed E-state index contributed by atoms with van der Waals surface area (Å²) in [6.45, 7) is 8.57. The Kier molecular flexibility index (Phi) is 9.08. The monoisotopic (exact) mass is 539 g/mol. The number of esters is 1. The summed E-state index contributed by atoms with van der Waals surface area (Å²) in [6.07, 6.45) is -0.392. The minimum atomic E-state index is -4.31. The summed E-state index contributed by atoms with van der Waals surface area (Å²) in [6, 6.07) is 18.8. The molecule has 0 amide bonds. The fraction of sp³-hybridized carbons (Fsp3) is 0.419. The standard InChI is InChI=1S/C31H36F3N3O2/c1-4-39-29(38)19-28-22-36(20-24-13-15-35-16-14-24)17-18-37(28)21-23-5-7-25(8-6-23)26-9-11-27(12-10-26)30(2,3)31(32,33)34/h5-16,28H,4,17-22H2,1-3H3/t28-/m1/s1. The lowest BCUT2D eigenvalue weighted by Gasteiger charge is -2.41. The molecule has 39 heavy (non-hydrogen) atoms. The number of alkyl halides is 3. The summed E-state index contributed by atoms with van der Waals surface area (Å²) in [5.41, 5.74) is 2.46. The maximum Gasteiger partial charge on any atom is 0.397 e. The van der Waals surface area contributed by atoms with E-state index in [0.29, 0.717) is 19.6 Å². The molecule has 0 unspecified atom stereocenters. The van der Waals surface area contributed by atoms with Gasteiger partial charge < -0.3 is 4.74 Å². The molecule has 2 heterocycles. The van der Waals surface area contributed by atoms with Gasteiger partial charge >= 0.3 is 12.1 Å². The number of nitrogens with zero attached hydrogens (tertiary/aromatic N) is 3. The van der Waals surface area contributed by atoms with Gasteiger partial charge in [-0.05, 0) is 60.7 Å². The maximum atomic E-state index is 13.4. The second-order valence-electron chi connectivity index (χ2n) is 10.6. The Morgan fingerprint density at radius 3 is 2.08 bits per heavy atom. The highest BCUT2D eigenvalue weighted by molar-refractivity contribution is 5.70. The van der Waals surface area contributed by atoms with Crippen molar-refractivity contribution in [3.8, 4) is 11.1 Å². The predicted molar refractivity (Wildman–Crippen MR) is 146 cm³/mol. The van der Waals surface area contributed by atoms with Gasteiger partial charge in [-0.3, -0.25) is 19.6 Å². The van der Waals surface area contributed by atoms with E-state index in [1.165, 1.54) is 19.4 Å². The topological polar surface area (TPSA) is 45.7 Å². The first-order valence-corrected chi connectivity index (χ1v) is 13.3. The van der Waals surface area contributed by atoms with Crippen LogP contribution in [-0.2, 0) is 28.0 Å². The maximum absolute atomic E-state index is 13.4. The minimum Gasteiger partial charge on any atom is -0.466 e. The van der Waals surface area contributed by atoms with Crippen LogP contribution in [0.1, 0.15) is 43.9 Å². The number of ether oxygens (including phenoxy) is 1. The third kappa shape index (κ3) is 7.25. The molecular formula is C31H36F3N3O2. The van der Waals surface area contributed by atoms with Gasteiger partial charge in [0.15, 0.2) is 0 Å². The molecule has 1 aliphatic rings. The molecule has 0 spiro atoms. The van der Waals surface area contributed by atoms with E-state index in [1.54, 1.807) is 36.7 Å². The number of hydrogen-bond donors (Lipinski definition) is 0. The van der Waals surface area contributed by atoms with Crippen molar-refractivity contribution in [3.05, 3.63) is 89.7 Å². The lowest BCUT2D eigenvalue weighted by atomic mass is 9.83. The molecule has 2 aromatic carbocycles. The molecule has 0 bridgehead atoms. The number of carbonyl (C=O) groups is 1. The van der Waals surface area contributed by atoms with E-state index in [0.717, 1.165) is 42.9 Å². The molecule has 1 saturated heterocycles. The van der Waals surface area contributed by atoms with E-state index in [-0.39, 0.29) is 17.6 Å². The van der Waals surface area contributed by atoms with Gasteiger partial charge in [-0.25, -0.2) is 0 Å². The first-order valence-electron chi connectivity index (χ1n) is 13.3. The zero-order valence-corrected chi connectivity index (χ0v) is 22.7. The number of aromatic nitrogens is 1. The van der Waals surface area contributed by atoms with E-state index >= 15 is 0 Å². The normalized spacial score (nSPS) is 17.2. The summed E-state index contributed by atoms with van der Waals surface area (Å²) >= 11 is 0. The fourth-order valence-electron chi connectivity index (χ4n) is 4.94. The van der Waals surface area contributed by atoms with Crippen LogP contribution in [0.2, 0.25) is 0 Å². The van der Waals surface area contributed by atoms with Crippen LogP contribution in [0.15, 0.2) is 73.1 Å². The van der Waals surface area contributed by atoms with E-state index in [4.69, 9.17) is 4.74 Å². The first-order chi connectivity index (χ1) is 18.6. The lowest BCUT2D eigenvalue weighted by molar-refractivity contribution is -0.180. The van der Waals surface area contributed by atoms with Crippen LogP contribution in [0.5, 0.6) is 0 Å². The van der Waals surface area contributed by atoms with Gasteiger partial charge in [0, 0.05) is 51.2 Å². The predicted octanol–water partition coefficient (Wildman–Crippen LogP) is 6.23. The zero-order chi connectivity index (χ0) is 28.0. The Balaban J connectivity index is 1.43. The van der Waals surface area contributed by atoms with E-state index < -0.39 is 11.6 Å². The van der Waals surface area contributed by atoms with Crippen molar-refractivity contribution in [2.45, 2.75) is 57.9 Å². The SMILES string of the molecule is CCOC(=O)C[C@@H]1CN(Cc2ccncc2)CCN1Cc1ccc(-c2ccc(C(C)(C)C(F)(F)F)cc2)cc1. The third-order valence-electron chi connectivity index (χ3n) is 7.54. The fourth-order valence-corrected chi connectivity index (χ4v) is 4.94. The molecule has 208 valence electrons. The molecule has 8 heteroatoms. The van der Waals surface area contributed by atoms with E-state index in [2.05, 4.69) is 14.8 Å². The molecule has 1 aromatic heterocycles. The zero-order valence-electron chi connectivity index (χ0n) is 22.7. The van der Waals surface area contributed by atoms with Crippen molar-refractivity contribution in [3.63, 3.8) is 0 Å². The van der Waals surface area contributed by atoms with Crippen LogP contribution in [0.3, 0.4) is 0 Å². The van der Waals surface area contributed by atoms with Gasteiger partial charge in [-0.2, -0.15) is 13.2 Å². The van der Waals surface area contributed by atoms with Gasteiger partial charge in [0.2, 0.25) is 0 Å². The summed E-state index contributed by atoms with van der Waals surface area (Å²) in [4.78, 5) is 21.2. The Bertz CT molecular complexity index is 1210. The molecule has 0 N–H and O–H groups in total. The number of piperazine rings is 1. The largest absolute Gasteiger partial charge is 0.466 e. The number of halogens is 3. The molecule has 4 rings (SSSR count). The van der Waals surface area contributed by atoms with Crippen LogP contribution in [0.25, 0.3) is 11.1 Å². The molecule has 0 saturated carbocycles. The highest BCUT2D eigenvalue weighted by Crippen LogP contribution is 2.40. The summed E-state index contributed by atoms with van der Waals surface area (Å²) in [7, 11) is 0. The number of rotatable bonds is 9. The Morgan fingerprint density at radius 1 is 0.897 bits per heavy atom. The molecule has 1 fully saturated rings. The van der Waals surface area contributed by atoms with E-state index in [1.807, 2.05) is 43.3 Å². The number of carbonyl (C=O) groups excluding carboxylic acids is 1. The van der Waals surface area contributed by atoms with Gasteiger partial charge in [0.1, 0.15) is 0 Å². The van der Waals surface area contributed by atoms with Gasteiger partial charge in [0.25, 0.3) is 0 Å².